The van der Waals surface area contributed by atoms with Crippen LogP contribution in [0.25, 0.3) is 5.57 Å². The molecule has 0 saturated heterocycles. The Kier molecular flexibility index (Phi) is 2.54. The fourth-order valence-corrected chi connectivity index (χ4v) is 3.12. The first-order valence-corrected chi connectivity index (χ1v) is 6.22. The lowest BCUT2D eigenvalue weighted by Crippen LogP contribution is -2.33. The normalized spacial score (nSPS) is 26.0. The summed E-state index contributed by atoms with van der Waals surface area (Å²) >= 11 is 0. The van der Waals surface area contributed by atoms with Gasteiger partial charge >= 0.3 is 5.97 Å². The maximum Gasteiger partial charge on any atom is 0.307 e. The highest BCUT2D eigenvalue weighted by molar-refractivity contribution is 6.00. The zero-order chi connectivity index (χ0) is 12.7. The molecule has 0 heterocycles. The van der Waals surface area contributed by atoms with E-state index in [4.69, 9.17) is 0 Å². The lowest BCUT2D eigenvalue weighted by atomic mass is 9.68. The molecule has 0 amide bonds. The van der Waals surface area contributed by atoms with Crippen molar-refractivity contribution in [3.63, 3.8) is 0 Å². The van der Waals surface area contributed by atoms with E-state index in [9.17, 15) is 14.7 Å². The van der Waals surface area contributed by atoms with Gasteiger partial charge in [-0.1, -0.05) is 24.3 Å². The summed E-state index contributed by atoms with van der Waals surface area (Å²) in [5, 5.41) is 9.36. The molecule has 18 heavy (non-hydrogen) atoms. The average molecular weight is 242 g/mol. The van der Waals surface area contributed by atoms with Crippen LogP contribution in [0.1, 0.15) is 24.0 Å². The summed E-state index contributed by atoms with van der Waals surface area (Å²) in [6, 6.07) is 7.81. The molecule has 3 heteroatoms. The maximum absolute atomic E-state index is 11.6. The molecule has 2 atom stereocenters. The minimum atomic E-state index is -0.755. The minimum absolute atomic E-state index is 0.00454. The van der Waals surface area contributed by atoms with Crippen LogP contribution >= 0.6 is 0 Å². The summed E-state index contributed by atoms with van der Waals surface area (Å²) in [7, 11) is 0. The van der Waals surface area contributed by atoms with Crippen LogP contribution in [0, 0.1) is 11.8 Å². The van der Waals surface area contributed by atoms with Crippen LogP contribution in [-0.2, 0) is 16.0 Å². The quantitative estimate of drug-likeness (QED) is 0.822. The molecule has 1 aromatic rings. The Morgan fingerprint density at radius 3 is 2.83 bits per heavy atom. The monoisotopic (exact) mass is 242 g/mol. The number of carbonyl (C=O) groups is 2. The first-order valence-electron chi connectivity index (χ1n) is 6.22. The third-order valence-corrected chi connectivity index (χ3v) is 3.99. The van der Waals surface area contributed by atoms with Crippen molar-refractivity contribution in [2.24, 2.45) is 11.8 Å². The van der Waals surface area contributed by atoms with E-state index in [1.54, 1.807) is 6.08 Å². The number of rotatable bonds is 1. The molecular formula is C15H14O3. The Bertz CT molecular complexity index is 557. The van der Waals surface area contributed by atoms with E-state index in [0.717, 1.165) is 16.7 Å². The van der Waals surface area contributed by atoms with Gasteiger partial charge in [0.1, 0.15) is 0 Å². The maximum atomic E-state index is 11.6. The number of carbonyl (C=O) groups excluding carboxylic acids is 1. The van der Waals surface area contributed by atoms with Crippen molar-refractivity contribution < 1.29 is 14.7 Å². The van der Waals surface area contributed by atoms with Crippen LogP contribution < -0.4 is 0 Å². The first kappa shape index (κ1) is 11.2. The van der Waals surface area contributed by atoms with Crippen molar-refractivity contribution in [1.82, 2.24) is 0 Å². The van der Waals surface area contributed by atoms with Gasteiger partial charge in [0.2, 0.25) is 0 Å². The molecule has 0 bridgehead atoms. The predicted octanol–water partition coefficient (Wildman–Crippen LogP) is 2.31. The smallest absolute Gasteiger partial charge is 0.307 e. The van der Waals surface area contributed by atoms with E-state index in [0.29, 0.717) is 19.3 Å². The Hall–Kier alpha value is -1.90. The van der Waals surface area contributed by atoms with Gasteiger partial charge in [-0.05, 0) is 41.5 Å². The molecule has 0 radical (unpaired) electrons. The Balaban J connectivity index is 2.15. The fraction of sp³-hybridized carbons (Fsp3) is 0.333. The second kappa shape index (κ2) is 4.09. The second-order valence-electron chi connectivity index (χ2n) is 5.02. The number of hydrogen-bond donors (Lipinski definition) is 1. The highest BCUT2D eigenvalue weighted by atomic mass is 16.4. The number of aliphatic carboxylic acids is 1. The van der Waals surface area contributed by atoms with Gasteiger partial charge in [-0.15, -0.1) is 0 Å². The van der Waals surface area contributed by atoms with Gasteiger partial charge in [0, 0.05) is 6.42 Å². The van der Waals surface area contributed by atoms with E-state index in [1.807, 2.05) is 24.3 Å². The van der Waals surface area contributed by atoms with E-state index in [1.165, 1.54) is 0 Å². The Labute approximate surface area is 105 Å². The van der Waals surface area contributed by atoms with Crippen LogP contribution in [0.5, 0.6) is 0 Å². The van der Waals surface area contributed by atoms with E-state index >= 15 is 0 Å². The van der Waals surface area contributed by atoms with Crippen LogP contribution in [0.3, 0.4) is 0 Å². The molecule has 3 nitrogen and oxygen atoms in total. The van der Waals surface area contributed by atoms with Crippen LogP contribution in [0.2, 0.25) is 0 Å². The third-order valence-electron chi connectivity index (χ3n) is 3.99. The molecule has 1 N–H and O–H groups in total. The third kappa shape index (κ3) is 1.67. The number of carboxylic acid groups (broad SMARTS) is 1. The van der Waals surface area contributed by atoms with Crippen molar-refractivity contribution in [3.8, 4) is 0 Å². The SMILES string of the molecule is O=C1C=C2c3ccccc3C[C@@H](C(=O)O)[C@H]2CC1. The molecule has 0 aromatic heterocycles. The number of allylic oxidation sites excluding steroid dienone is 2. The lowest BCUT2D eigenvalue weighted by molar-refractivity contribution is -0.143. The summed E-state index contributed by atoms with van der Waals surface area (Å²) < 4.78 is 0. The largest absolute Gasteiger partial charge is 0.481 e. The van der Waals surface area contributed by atoms with Crippen LogP contribution in [0.4, 0.5) is 0 Å². The summed E-state index contributed by atoms with van der Waals surface area (Å²) in [5.41, 5.74) is 3.04. The zero-order valence-corrected chi connectivity index (χ0v) is 9.93. The number of hydrogen-bond acceptors (Lipinski definition) is 2. The number of carboxylic acids is 1. The molecule has 1 aromatic carbocycles. The van der Waals surface area contributed by atoms with Gasteiger partial charge in [-0.2, -0.15) is 0 Å². The summed E-state index contributed by atoms with van der Waals surface area (Å²) in [5.74, 6) is -1.04. The first-order chi connectivity index (χ1) is 8.66. The molecule has 2 aliphatic carbocycles. The van der Waals surface area contributed by atoms with Gasteiger partial charge in [0.05, 0.1) is 5.92 Å². The molecule has 0 unspecified atom stereocenters. The zero-order valence-electron chi connectivity index (χ0n) is 9.93. The van der Waals surface area contributed by atoms with E-state index < -0.39 is 5.97 Å². The van der Waals surface area contributed by atoms with Crippen molar-refractivity contribution in [2.75, 3.05) is 0 Å². The highest BCUT2D eigenvalue weighted by Crippen LogP contribution is 2.43. The van der Waals surface area contributed by atoms with Crippen LogP contribution in [-0.4, -0.2) is 16.9 Å². The van der Waals surface area contributed by atoms with Crippen molar-refractivity contribution in [3.05, 3.63) is 41.5 Å². The van der Waals surface area contributed by atoms with Crippen molar-refractivity contribution >= 4 is 17.3 Å². The fourth-order valence-electron chi connectivity index (χ4n) is 3.12. The van der Waals surface area contributed by atoms with Crippen molar-refractivity contribution in [1.29, 1.82) is 0 Å². The average Bonchev–Trinajstić information content (AvgIpc) is 2.37. The van der Waals surface area contributed by atoms with E-state index in [2.05, 4.69) is 0 Å². The number of ketones is 1. The standard InChI is InChI=1S/C15H14O3/c16-10-5-6-12-13(8-10)11-4-2-1-3-9(11)7-14(12)15(17)18/h1-4,8,12,14H,5-7H2,(H,17,18)/t12-,14+/m0/s1. The Morgan fingerprint density at radius 1 is 1.28 bits per heavy atom. The van der Waals surface area contributed by atoms with Gasteiger partial charge in [-0.3, -0.25) is 9.59 Å². The predicted molar refractivity (Wildman–Crippen MR) is 67.0 cm³/mol. The topological polar surface area (TPSA) is 54.4 Å². The molecule has 0 spiro atoms. The molecule has 0 aliphatic heterocycles. The number of fused-ring (bicyclic) bond motifs is 3. The van der Waals surface area contributed by atoms with Gasteiger partial charge in [0.25, 0.3) is 0 Å². The van der Waals surface area contributed by atoms with Gasteiger partial charge in [-0.25, -0.2) is 0 Å². The molecular weight excluding hydrogens is 228 g/mol. The van der Waals surface area contributed by atoms with E-state index in [-0.39, 0.29) is 17.6 Å². The summed E-state index contributed by atoms with van der Waals surface area (Å²) in [4.78, 5) is 23.0. The van der Waals surface area contributed by atoms with Crippen LogP contribution in [0.15, 0.2) is 30.3 Å². The second-order valence-corrected chi connectivity index (χ2v) is 5.02. The number of benzene rings is 1. The van der Waals surface area contributed by atoms with Crippen molar-refractivity contribution in [2.45, 2.75) is 19.3 Å². The van der Waals surface area contributed by atoms with Gasteiger partial charge < -0.3 is 5.11 Å². The summed E-state index contributed by atoms with van der Waals surface area (Å²) in [6.07, 6.45) is 3.36. The molecule has 92 valence electrons. The summed E-state index contributed by atoms with van der Waals surface area (Å²) in [6.45, 7) is 0. The highest BCUT2D eigenvalue weighted by Gasteiger charge is 2.38. The van der Waals surface area contributed by atoms with Gasteiger partial charge in [0.15, 0.2) is 5.78 Å². The molecule has 0 fully saturated rings. The lowest BCUT2D eigenvalue weighted by Gasteiger charge is -2.35. The Morgan fingerprint density at radius 2 is 2.06 bits per heavy atom. The molecule has 2 aliphatic rings. The minimum Gasteiger partial charge on any atom is -0.481 e. The molecule has 3 rings (SSSR count). The molecule has 0 saturated carbocycles.